The summed E-state index contributed by atoms with van der Waals surface area (Å²) < 4.78 is 22.8. The third-order valence-corrected chi connectivity index (χ3v) is 2.49. The Labute approximate surface area is 77.3 Å². The minimum absolute atomic E-state index is 0.601. The fourth-order valence-electron chi connectivity index (χ4n) is 0.771. The van der Waals surface area contributed by atoms with Gasteiger partial charge in [0.15, 0.2) is 0 Å². The molecule has 12 heavy (non-hydrogen) atoms. The summed E-state index contributed by atoms with van der Waals surface area (Å²) in [5, 5.41) is 0. The van der Waals surface area contributed by atoms with E-state index in [-0.39, 0.29) is 0 Å². The third kappa shape index (κ3) is 2.75. The summed E-state index contributed by atoms with van der Waals surface area (Å²) >= 11 is 1.62. The van der Waals surface area contributed by atoms with Crippen LogP contribution < -0.4 is 4.72 Å². The molecule has 0 aliphatic carbocycles. The number of hydrogen-bond donors (Lipinski definition) is 2. The molecule has 3 nitrogen and oxygen atoms in total. The molecule has 0 bridgehead atoms. The van der Waals surface area contributed by atoms with Crippen LogP contribution in [-0.4, -0.2) is 14.7 Å². The number of thioether (sulfide) groups is 1. The Morgan fingerprint density at radius 3 is 2.25 bits per heavy atom. The Kier molecular flexibility index (Phi) is 3.43. The van der Waals surface area contributed by atoms with Crippen LogP contribution in [-0.2, 0) is 10.9 Å². The Morgan fingerprint density at radius 1 is 1.25 bits per heavy atom. The van der Waals surface area contributed by atoms with Gasteiger partial charge >= 0.3 is 0 Å². The van der Waals surface area contributed by atoms with Gasteiger partial charge in [-0.1, -0.05) is 0 Å². The zero-order valence-electron chi connectivity index (χ0n) is 6.48. The van der Waals surface area contributed by atoms with Crippen LogP contribution in [0.25, 0.3) is 0 Å². The first kappa shape index (κ1) is 9.41. The predicted molar refractivity (Wildman–Crippen MR) is 52.2 cm³/mol. The van der Waals surface area contributed by atoms with Crippen molar-refractivity contribution in [3.8, 4) is 0 Å². The van der Waals surface area contributed by atoms with Crippen LogP contribution in [0.4, 0.5) is 5.69 Å². The average molecular weight is 203 g/mol. The van der Waals surface area contributed by atoms with Crippen LogP contribution in [0.1, 0.15) is 0 Å². The third-order valence-electron chi connectivity index (χ3n) is 1.31. The molecule has 0 unspecified atom stereocenters. The van der Waals surface area contributed by atoms with Crippen molar-refractivity contribution in [1.82, 2.24) is 0 Å². The number of hydrogen-bond acceptors (Lipinski definition) is 3. The molecule has 1 aromatic carbocycles. The van der Waals surface area contributed by atoms with Crippen LogP contribution in [0.2, 0.25) is 0 Å². The van der Waals surface area contributed by atoms with Crippen molar-refractivity contribution < 1.29 is 8.42 Å². The fourth-order valence-corrected chi connectivity index (χ4v) is 1.54. The first-order valence-corrected chi connectivity index (χ1v) is 5.67. The molecule has 5 heteroatoms. The summed E-state index contributed by atoms with van der Waals surface area (Å²) in [6, 6.07) is 7.20. The molecule has 0 saturated heterocycles. The lowest BCUT2D eigenvalue weighted by Gasteiger charge is -1.99. The van der Waals surface area contributed by atoms with E-state index >= 15 is 0 Å². The number of anilines is 1. The molecule has 0 aliphatic rings. The molecule has 0 spiro atoms. The molecule has 0 heterocycles. The van der Waals surface area contributed by atoms with E-state index in [2.05, 4.69) is 4.72 Å². The summed E-state index contributed by atoms with van der Waals surface area (Å²) in [5.74, 6) is 0. The van der Waals surface area contributed by atoms with Crippen LogP contribution in [0.5, 0.6) is 0 Å². The van der Waals surface area contributed by atoms with Crippen molar-refractivity contribution in [3.05, 3.63) is 24.3 Å². The minimum atomic E-state index is -2.55. The van der Waals surface area contributed by atoms with Crippen LogP contribution >= 0.6 is 11.8 Å². The molecule has 0 saturated carbocycles. The highest BCUT2D eigenvalue weighted by molar-refractivity contribution is 7.98. The second-order valence-corrected chi connectivity index (χ2v) is 3.71. The average Bonchev–Trinajstić information content (AvgIpc) is 2.05. The zero-order chi connectivity index (χ0) is 8.97. The van der Waals surface area contributed by atoms with Gasteiger partial charge in [-0.2, -0.15) is 0 Å². The van der Waals surface area contributed by atoms with Crippen molar-refractivity contribution in [3.63, 3.8) is 0 Å². The van der Waals surface area contributed by atoms with Gasteiger partial charge in [-0.15, -0.1) is 11.8 Å². The van der Waals surface area contributed by atoms with E-state index in [0.29, 0.717) is 5.69 Å². The van der Waals surface area contributed by atoms with Gasteiger partial charge in [0.05, 0.1) is 0 Å². The zero-order valence-corrected chi connectivity index (χ0v) is 8.19. The van der Waals surface area contributed by atoms with E-state index in [9.17, 15) is 8.42 Å². The first-order chi connectivity index (χ1) is 5.72. The Hall–Kier alpha value is -0.680. The van der Waals surface area contributed by atoms with Crippen molar-refractivity contribution in [1.29, 1.82) is 0 Å². The normalized spacial score (nSPS) is 10.2. The Balaban J connectivity index is 2.77. The fraction of sp³-hybridized carbons (Fsp3) is 0.143. The molecular weight excluding hydrogens is 194 g/mol. The predicted octanol–water partition coefficient (Wildman–Crippen LogP) is 1.35. The second-order valence-electron chi connectivity index (χ2n) is 2.10. The maximum Gasteiger partial charge on any atom is 0.222 e. The molecule has 66 valence electrons. The lowest BCUT2D eigenvalue weighted by atomic mass is 10.3. The molecular formula is C7H9NO2S2. The number of thiol groups is 1. The minimum Gasteiger partial charge on any atom is -0.286 e. The second kappa shape index (κ2) is 4.37. The van der Waals surface area contributed by atoms with Crippen LogP contribution in [0.15, 0.2) is 29.2 Å². The van der Waals surface area contributed by atoms with Gasteiger partial charge < -0.3 is 0 Å². The maximum absolute atomic E-state index is 10.2. The lowest BCUT2D eigenvalue weighted by molar-refractivity contribution is 0.619. The van der Waals surface area contributed by atoms with E-state index in [1.807, 2.05) is 18.4 Å². The van der Waals surface area contributed by atoms with E-state index in [0.717, 1.165) is 4.90 Å². The quantitative estimate of drug-likeness (QED) is 0.576. The Bertz CT molecular complexity index is 311. The molecule has 0 aliphatic heterocycles. The standard InChI is InChI=1S/C7H9NO2S2/c1-11-7-4-2-6(3-5-7)8-12(9)10/h2-5,12H,1H3,(H,8,9,10). The van der Waals surface area contributed by atoms with E-state index in [1.54, 1.807) is 23.9 Å². The van der Waals surface area contributed by atoms with Crippen molar-refractivity contribution in [2.45, 2.75) is 4.90 Å². The summed E-state index contributed by atoms with van der Waals surface area (Å²) in [6.07, 6.45) is 1.97. The van der Waals surface area contributed by atoms with Gasteiger partial charge in [0.1, 0.15) is 0 Å². The van der Waals surface area contributed by atoms with Crippen molar-refractivity contribution in [2.75, 3.05) is 11.0 Å². The largest absolute Gasteiger partial charge is 0.286 e. The van der Waals surface area contributed by atoms with E-state index < -0.39 is 10.9 Å². The highest BCUT2D eigenvalue weighted by Gasteiger charge is 1.91. The van der Waals surface area contributed by atoms with Gasteiger partial charge in [0.25, 0.3) is 0 Å². The molecule has 0 fully saturated rings. The van der Waals surface area contributed by atoms with Gasteiger partial charge in [-0.05, 0) is 30.5 Å². The summed E-state index contributed by atoms with van der Waals surface area (Å²) in [7, 11) is -2.55. The number of rotatable bonds is 3. The molecule has 1 rings (SSSR count). The molecule has 1 N–H and O–H groups in total. The highest BCUT2D eigenvalue weighted by atomic mass is 32.2. The monoisotopic (exact) mass is 203 g/mol. The molecule has 0 aromatic heterocycles. The topological polar surface area (TPSA) is 46.2 Å². The van der Waals surface area contributed by atoms with Gasteiger partial charge in [-0.3, -0.25) is 4.72 Å². The van der Waals surface area contributed by atoms with E-state index in [1.165, 1.54) is 0 Å². The Morgan fingerprint density at radius 2 is 1.83 bits per heavy atom. The van der Waals surface area contributed by atoms with Gasteiger partial charge in [0, 0.05) is 10.6 Å². The smallest absolute Gasteiger partial charge is 0.222 e. The van der Waals surface area contributed by atoms with Gasteiger partial charge in [0.2, 0.25) is 10.9 Å². The van der Waals surface area contributed by atoms with Crippen molar-refractivity contribution >= 4 is 28.3 Å². The van der Waals surface area contributed by atoms with Gasteiger partial charge in [-0.25, -0.2) is 8.42 Å². The summed E-state index contributed by atoms with van der Waals surface area (Å²) in [5.41, 5.74) is 0.601. The van der Waals surface area contributed by atoms with Crippen LogP contribution in [0, 0.1) is 0 Å². The summed E-state index contributed by atoms with van der Waals surface area (Å²) in [6.45, 7) is 0. The molecule has 0 radical (unpaired) electrons. The SMILES string of the molecule is CSc1ccc(N[SH](=O)=O)cc1. The molecule has 1 aromatic rings. The maximum atomic E-state index is 10.2. The summed E-state index contributed by atoms with van der Waals surface area (Å²) in [4.78, 5) is 1.11. The van der Waals surface area contributed by atoms with Crippen molar-refractivity contribution in [2.24, 2.45) is 0 Å². The highest BCUT2D eigenvalue weighted by Crippen LogP contribution is 2.17. The number of benzene rings is 1. The van der Waals surface area contributed by atoms with Crippen LogP contribution in [0.3, 0.4) is 0 Å². The first-order valence-electron chi connectivity index (χ1n) is 3.27. The molecule has 0 amide bonds. The lowest BCUT2D eigenvalue weighted by Crippen LogP contribution is -1.93. The van der Waals surface area contributed by atoms with E-state index in [4.69, 9.17) is 0 Å². The number of nitrogens with one attached hydrogen (secondary N) is 1. The molecule has 0 atom stereocenters.